The summed E-state index contributed by atoms with van der Waals surface area (Å²) in [6, 6.07) is 10.9. The van der Waals surface area contributed by atoms with Gasteiger partial charge in [-0.2, -0.15) is 0 Å². The first-order chi connectivity index (χ1) is 11.6. The molecule has 1 saturated carbocycles. The van der Waals surface area contributed by atoms with Crippen molar-refractivity contribution < 1.29 is 14.0 Å². The van der Waals surface area contributed by atoms with Crippen LogP contribution in [-0.2, 0) is 9.59 Å². The summed E-state index contributed by atoms with van der Waals surface area (Å²) in [5.74, 6) is 0.717. The van der Waals surface area contributed by atoms with Crippen molar-refractivity contribution in [2.45, 2.75) is 25.8 Å². The van der Waals surface area contributed by atoms with Gasteiger partial charge in [0.25, 0.3) is 0 Å². The van der Waals surface area contributed by atoms with E-state index in [4.69, 9.17) is 4.42 Å². The molecule has 5 heteroatoms. The second-order valence-electron chi connectivity index (χ2n) is 5.96. The normalized spacial score (nSPS) is 15.2. The van der Waals surface area contributed by atoms with Crippen LogP contribution >= 0.6 is 0 Å². The predicted octanol–water partition coefficient (Wildman–Crippen LogP) is 3.52. The van der Waals surface area contributed by atoms with Gasteiger partial charge < -0.3 is 15.1 Å². The number of carbonyl (C=O) groups is 2. The minimum absolute atomic E-state index is 0.0900. The monoisotopic (exact) mass is 324 g/mol. The molecule has 124 valence electrons. The van der Waals surface area contributed by atoms with Gasteiger partial charge in [-0.1, -0.05) is 12.1 Å². The molecule has 2 N–H and O–H groups in total. The van der Waals surface area contributed by atoms with Gasteiger partial charge in [-0.05, 0) is 55.7 Å². The van der Waals surface area contributed by atoms with Crippen molar-refractivity contribution in [3.63, 3.8) is 0 Å². The van der Waals surface area contributed by atoms with Crippen LogP contribution in [0.25, 0.3) is 6.08 Å². The average molecular weight is 324 g/mol. The molecule has 2 aromatic rings. The first-order valence-electron chi connectivity index (χ1n) is 8.05. The maximum absolute atomic E-state index is 11.9. The number of hydrogen-bond donors (Lipinski definition) is 2. The Bertz CT molecular complexity index is 728. The van der Waals surface area contributed by atoms with E-state index in [1.54, 1.807) is 24.5 Å². The molecule has 3 rings (SSSR count). The molecule has 0 saturated heterocycles. The van der Waals surface area contributed by atoms with Crippen molar-refractivity contribution in [2.24, 2.45) is 5.92 Å². The lowest BCUT2D eigenvalue weighted by Gasteiger charge is -2.14. The highest BCUT2D eigenvalue weighted by Gasteiger charge is 2.29. The molecule has 1 heterocycles. The number of rotatable bonds is 6. The number of carbonyl (C=O) groups excluding carboxylic acids is 2. The number of benzene rings is 1. The fourth-order valence-electron chi connectivity index (χ4n) is 2.33. The molecule has 5 nitrogen and oxygen atoms in total. The van der Waals surface area contributed by atoms with Crippen molar-refractivity contribution in [3.8, 4) is 0 Å². The topological polar surface area (TPSA) is 71.3 Å². The molecule has 2 amide bonds. The number of hydrogen-bond acceptors (Lipinski definition) is 3. The lowest BCUT2D eigenvalue weighted by atomic mass is 10.1. The van der Waals surface area contributed by atoms with Crippen molar-refractivity contribution in [1.29, 1.82) is 0 Å². The van der Waals surface area contributed by atoms with Crippen LogP contribution in [0.2, 0.25) is 0 Å². The third kappa shape index (κ3) is 4.35. The molecule has 1 aliphatic carbocycles. The van der Waals surface area contributed by atoms with E-state index in [9.17, 15) is 9.59 Å². The van der Waals surface area contributed by atoms with E-state index in [1.165, 1.54) is 6.08 Å². The molecule has 1 aromatic heterocycles. The Morgan fingerprint density at radius 2 is 1.96 bits per heavy atom. The fraction of sp³-hybridized carbons (Fsp3) is 0.263. The smallest absolute Gasteiger partial charge is 0.244 e. The number of amides is 2. The van der Waals surface area contributed by atoms with Gasteiger partial charge in [0.15, 0.2) is 0 Å². The zero-order valence-electron chi connectivity index (χ0n) is 13.5. The second-order valence-corrected chi connectivity index (χ2v) is 5.96. The molecular weight excluding hydrogens is 304 g/mol. The molecule has 1 fully saturated rings. The molecule has 0 spiro atoms. The quantitative estimate of drug-likeness (QED) is 0.799. The van der Waals surface area contributed by atoms with E-state index in [2.05, 4.69) is 10.6 Å². The fourth-order valence-corrected chi connectivity index (χ4v) is 2.33. The molecule has 1 unspecified atom stereocenters. The van der Waals surface area contributed by atoms with Crippen LogP contribution in [0.5, 0.6) is 0 Å². The standard InChI is InChI=1S/C19H20N2O3/c1-13(20-18(22)11-10-17-3-2-12-24-17)14-6-8-16(9-7-14)21-19(23)15-4-5-15/h2-3,6-13,15H,4-5H2,1H3,(H,20,22)(H,21,23)/b11-10+. The van der Waals surface area contributed by atoms with Crippen LogP contribution in [0, 0.1) is 5.92 Å². The summed E-state index contributed by atoms with van der Waals surface area (Å²) < 4.78 is 5.14. The van der Waals surface area contributed by atoms with Gasteiger partial charge in [-0.15, -0.1) is 0 Å². The molecule has 1 aliphatic rings. The molecule has 1 atom stereocenters. The lowest BCUT2D eigenvalue weighted by Crippen LogP contribution is -2.24. The van der Waals surface area contributed by atoms with Crippen molar-refractivity contribution in [3.05, 3.63) is 60.1 Å². The van der Waals surface area contributed by atoms with Crippen molar-refractivity contribution in [2.75, 3.05) is 5.32 Å². The van der Waals surface area contributed by atoms with Gasteiger partial charge in [0.05, 0.1) is 12.3 Å². The van der Waals surface area contributed by atoms with Gasteiger partial charge in [-0.25, -0.2) is 0 Å². The van der Waals surface area contributed by atoms with E-state index in [0.717, 1.165) is 24.1 Å². The Balaban J connectivity index is 1.53. The summed E-state index contributed by atoms with van der Waals surface area (Å²) in [7, 11) is 0. The zero-order chi connectivity index (χ0) is 16.9. The van der Waals surface area contributed by atoms with Crippen LogP contribution in [0.4, 0.5) is 5.69 Å². The molecule has 0 radical (unpaired) electrons. The minimum Gasteiger partial charge on any atom is -0.465 e. The van der Waals surface area contributed by atoms with Gasteiger partial charge in [0.1, 0.15) is 5.76 Å². The Hall–Kier alpha value is -2.82. The lowest BCUT2D eigenvalue weighted by molar-refractivity contribution is -0.118. The summed E-state index contributed by atoms with van der Waals surface area (Å²) in [6.45, 7) is 1.91. The molecule has 0 bridgehead atoms. The Morgan fingerprint density at radius 1 is 1.21 bits per heavy atom. The van der Waals surface area contributed by atoms with Crippen LogP contribution in [0.15, 0.2) is 53.2 Å². The SMILES string of the molecule is CC(NC(=O)/C=C/c1ccco1)c1ccc(NC(=O)C2CC2)cc1. The van der Waals surface area contributed by atoms with Gasteiger partial charge in [0, 0.05) is 17.7 Å². The molecular formula is C19H20N2O3. The maximum atomic E-state index is 11.9. The summed E-state index contributed by atoms with van der Waals surface area (Å²) in [4.78, 5) is 23.6. The van der Waals surface area contributed by atoms with Crippen LogP contribution < -0.4 is 10.6 Å². The highest BCUT2D eigenvalue weighted by atomic mass is 16.3. The highest BCUT2D eigenvalue weighted by molar-refractivity contribution is 5.94. The summed E-state index contributed by atoms with van der Waals surface area (Å²) >= 11 is 0. The number of furan rings is 1. The van der Waals surface area contributed by atoms with Crippen molar-refractivity contribution >= 4 is 23.6 Å². The predicted molar refractivity (Wildman–Crippen MR) is 92.1 cm³/mol. The molecule has 1 aromatic carbocycles. The Kier molecular flexibility index (Phi) is 4.79. The first kappa shape index (κ1) is 16.1. The van der Waals surface area contributed by atoms with E-state index < -0.39 is 0 Å². The number of nitrogens with one attached hydrogen (secondary N) is 2. The average Bonchev–Trinajstić information content (AvgIpc) is 3.30. The van der Waals surface area contributed by atoms with E-state index >= 15 is 0 Å². The second kappa shape index (κ2) is 7.17. The van der Waals surface area contributed by atoms with Crippen LogP contribution in [0.3, 0.4) is 0 Å². The molecule has 0 aliphatic heterocycles. The van der Waals surface area contributed by atoms with E-state index in [1.807, 2.05) is 31.2 Å². The largest absolute Gasteiger partial charge is 0.465 e. The Labute approximate surface area is 140 Å². The summed E-state index contributed by atoms with van der Waals surface area (Å²) in [6.07, 6.45) is 6.60. The van der Waals surface area contributed by atoms with E-state index in [0.29, 0.717) is 5.76 Å². The summed E-state index contributed by atoms with van der Waals surface area (Å²) in [5, 5.41) is 5.79. The van der Waals surface area contributed by atoms with Gasteiger partial charge in [0.2, 0.25) is 11.8 Å². The van der Waals surface area contributed by atoms with Crippen LogP contribution in [0.1, 0.15) is 37.1 Å². The maximum Gasteiger partial charge on any atom is 0.244 e. The van der Waals surface area contributed by atoms with Gasteiger partial charge >= 0.3 is 0 Å². The third-order valence-electron chi connectivity index (χ3n) is 3.93. The number of anilines is 1. The van der Waals surface area contributed by atoms with E-state index in [-0.39, 0.29) is 23.8 Å². The van der Waals surface area contributed by atoms with Gasteiger partial charge in [-0.3, -0.25) is 9.59 Å². The summed E-state index contributed by atoms with van der Waals surface area (Å²) in [5.41, 5.74) is 1.76. The molecule has 24 heavy (non-hydrogen) atoms. The van der Waals surface area contributed by atoms with Crippen molar-refractivity contribution in [1.82, 2.24) is 5.32 Å². The first-order valence-corrected chi connectivity index (χ1v) is 8.05. The van der Waals surface area contributed by atoms with Crippen LogP contribution in [-0.4, -0.2) is 11.8 Å². The Morgan fingerprint density at radius 3 is 2.58 bits per heavy atom. The third-order valence-corrected chi connectivity index (χ3v) is 3.93. The highest BCUT2D eigenvalue weighted by Crippen LogP contribution is 2.30. The minimum atomic E-state index is -0.190. The zero-order valence-corrected chi connectivity index (χ0v) is 13.5.